The average molecular weight is 282 g/mol. The van der Waals surface area contributed by atoms with E-state index in [0.29, 0.717) is 0 Å². The predicted octanol–water partition coefficient (Wildman–Crippen LogP) is 3.27. The van der Waals surface area contributed by atoms with Crippen molar-refractivity contribution in [2.75, 3.05) is 0 Å². The Morgan fingerprint density at radius 3 is 2.77 bits per heavy atom. The molecule has 0 nitrogen and oxygen atoms in total. The molecule has 0 aromatic heterocycles. The highest BCUT2D eigenvalue weighted by Crippen LogP contribution is 2.29. The minimum absolute atomic E-state index is 1.08. The van der Waals surface area contributed by atoms with E-state index in [2.05, 4.69) is 60.7 Å². The molecular weight excluding hydrogens is 264 g/mol. The smallest absolute Gasteiger partial charge is 0.00107 e. The van der Waals surface area contributed by atoms with Crippen LogP contribution in [0.2, 0.25) is 0 Å². The fraction of sp³-hybridized carbons (Fsp3) is 0.182. The number of benzene rings is 2. The molecule has 0 unspecified atom stereocenters. The molecule has 22 heavy (non-hydrogen) atoms. The highest BCUT2D eigenvalue weighted by Gasteiger charge is 2.18. The second-order valence-corrected chi connectivity index (χ2v) is 6.47. The Labute approximate surface area is 130 Å². The molecule has 0 heteroatoms. The first-order chi connectivity index (χ1) is 10.9. The summed E-state index contributed by atoms with van der Waals surface area (Å²) in [6.07, 6.45) is 18.2. The third-order valence-corrected chi connectivity index (χ3v) is 5.25. The molecule has 3 aliphatic rings. The largest absolute Gasteiger partial charge is 0.0836 e. The summed E-state index contributed by atoms with van der Waals surface area (Å²) in [7, 11) is 0. The molecule has 3 aliphatic carbocycles. The Kier molecular flexibility index (Phi) is 2.54. The first kappa shape index (κ1) is 12.2. The fourth-order valence-electron chi connectivity index (χ4n) is 4.11. The molecule has 0 bridgehead atoms. The van der Waals surface area contributed by atoms with Crippen LogP contribution in [0.25, 0.3) is 18.2 Å². The molecule has 0 heterocycles. The quantitative estimate of drug-likeness (QED) is 0.593. The lowest BCUT2D eigenvalue weighted by atomic mass is 9.82. The van der Waals surface area contributed by atoms with Gasteiger partial charge in [-0.1, -0.05) is 54.6 Å². The van der Waals surface area contributed by atoms with Gasteiger partial charge in [0.2, 0.25) is 0 Å². The second kappa shape index (κ2) is 4.58. The van der Waals surface area contributed by atoms with Gasteiger partial charge in [0.15, 0.2) is 0 Å². The van der Waals surface area contributed by atoms with Crippen molar-refractivity contribution in [2.45, 2.75) is 25.7 Å². The maximum atomic E-state index is 2.44. The van der Waals surface area contributed by atoms with Crippen LogP contribution in [-0.4, -0.2) is 0 Å². The van der Waals surface area contributed by atoms with Gasteiger partial charge in [-0.25, -0.2) is 0 Å². The molecule has 0 radical (unpaired) electrons. The normalized spacial score (nSPS) is 16.7. The number of rotatable bonds is 0. The van der Waals surface area contributed by atoms with Crippen molar-refractivity contribution < 1.29 is 0 Å². The third kappa shape index (κ3) is 1.70. The molecule has 0 saturated carbocycles. The molecule has 0 saturated heterocycles. The Bertz CT molecular complexity index is 968. The van der Waals surface area contributed by atoms with Crippen LogP contribution in [0.3, 0.4) is 0 Å². The van der Waals surface area contributed by atoms with Crippen molar-refractivity contribution in [1.82, 2.24) is 0 Å². The molecule has 0 fully saturated rings. The summed E-state index contributed by atoms with van der Waals surface area (Å²) in [6, 6.07) is 9.24. The Balaban J connectivity index is 1.80. The minimum atomic E-state index is 1.08. The molecule has 0 amide bonds. The van der Waals surface area contributed by atoms with Gasteiger partial charge in [-0.15, -0.1) is 0 Å². The average Bonchev–Trinajstić information content (AvgIpc) is 2.60. The van der Waals surface area contributed by atoms with E-state index >= 15 is 0 Å². The molecular formula is C22H18. The van der Waals surface area contributed by atoms with Gasteiger partial charge in [-0.3, -0.25) is 0 Å². The van der Waals surface area contributed by atoms with E-state index in [1.807, 2.05) is 0 Å². The van der Waals surface area contributed by atoms with Crippen LogP contribution in [0.5, 0.6) is 0 Å². The van der Waals surface area contributed by atoms with Gasteiger partial charge in [-0.2, -0.15) is 0 Å². The van der Waals surface area contributed by atoms with Crippen LogP contribution in [0.4, 0.5) is 0 Å². The van der Waals surface area contributed by atoms with Crippen molar-refractivity contribution in [2.24, 2.45) is 0 Å². The van der Waals surface area contributed by atoms with Crippen molar-refractivity contribution >= 4 is 18.2 Å². The summed E-state index contributed by atoms with van der Waals surface area (Å²) in [5.74, 6) is 0. The van der Waals surface area contributed by atoms with Crippen LogP contribution in [0, 0.1) is 0 Å². The van der Waals surface area contributed by atoms with Gasteiger partial charge in [0.05, 0.1) is 0 Å². The fourth-order valence-corrected chi connectivity index (χ4v) is 4.11. The van der Waals surface area contributed by atoms with Crippen LogP contribution < -0.4 is 10.4 Å². The van der Waals surface area contributed by atoms with Gasteiger partial charge < -0.3 is 0 Å². The van der Waals surface area contributed by atoms with Crippen LogP contribution in [0.1, 0.15) is 39.8 Å². The van der Waals surface area contributed by atoms with E-state index in [0.717, 1.165) is 12.8 Å². The number of hydrogen-bond acceptors (Lipinski definition) is 0. The lowest BCUT2D eigenvalue weighted by molar-refractivity contribution is 0.964. The van der Waals surface area contributed by atoms with Gasteiger partial charge in [0, 0.05) is 0 Å². The molecule has 0 spiro atoms. The molecule has 0 atom stereocenters. The summed E-state index contributed by atoms with van der Waals surface area (Å²) < 4.78 is 0. The summed E-state index contributed by atoms with van der Waals surface area (Å²) in [6.45, 7) is 0. The zero-order valence-corrected chi connectivity index (χ0v) is 12.6. The highest BCUT2D eigenvalue weighted by molar-refractivity contribution is 5.71. The maximum Gasteiger partial charge on any atom is -0.00107 e. The van der Waals surface area contributed by atoms with E-state index in [1.165, 1.54) is 51.1 Å². The van der Waals surface area contributed by atoms with E-state index in [4.69, 9.17) is 0 Å². The predicted molar refractivity (Wildman–Crippen MR) is 93.2 cm³/mol. The maximum absolute atomic E-state index is 2.44. The molecule has 2 aromatic rings. The summed E-state index contributed by atoms with van der Waals surface area (Å²) in [5, 5.41) is 2.83. The van der Waals surface area contributed by atoms with E-state index in [9.17, 15) is 0 Å². The zero-order valence-electron chi connectivity index (χ0n) is 12.6. The highest BCUT2D eigenvalue weighted by atomic mass is 14.2. The Morgan fingerprint density at radius 2 is 1.77 bits per heavy atom. The monoisotopic (exact) mass is 282 g/mol. The lowest BCUT2D eigenvalue weighted by Gasteiger charge is -2.23. The molecule has 2 aromatic carbocycles. The molecule has 106 valence electrons. The van der Waals surface area contributed by atoms with E-state index in [1.54, 1.807) is 5.56 Å². The van der Waals surface area contributed by atoms with Gasteiger partial charge >= 0.3 is 0 Å². The SMILES string of the molecule is C1=CCc2c3c(ccc2=C1)=Cc1c(ccc2c1CCC=C2)C3. The first-order valence-electron chi connectivity index (χ1n) is 8.21. The van der Waals surface area contributed by atoms with E-state index < -0.39 is 0 Å². The minimum Gasteiger partial charge on any atom is -0.0836 e. The zero-order chi connectivity index (χ0) is 14.5. The van der Waals surface area contributed by atoms with Gasteiger partial charge in [-0.05, 0) is 75.6 Å². The topological polar surface area (TPSA) is 0 Å². The van der Waals surface area contributed by atoms with Gasteiger partial charge in [0.25, 0.3) is 0 Å². The number of fused-ring (bicyclic) bond motifs is 6. The van der Waals surface area contributed by atoms with Crippen molar-refractivity contribution in [3.63, 3.8) is 0 Å². The second-order valence-electron chi connectivity index (χ2n) is 6.47. The van der Waals surface area contributed by atoms with Crippen molar-refractivity contribution in [3.05, 3.63) is 86.3 Å². The molecule has 0 N–H and O–H groups in total. The number of hydrogen-bond donors (Lipinski definition) is 0. The first-order valence-corrected chi connectivity index (χ1v) is 8.21. The number of allylic oxidation sites excluding steroid dienone is 3. The van der Waals surface area contributed by atoms with Gasteiger partial charge in [0.1, 0.15) is 0 Å². The summed E-state index contributed by atoms with van der Waals surface area (Å²) >= 11 is 0. The van der Waals surface area contributed by atoms with Crippen molar-refractivity contribution in [1.29, 1.82) is 0 Å². The van der Waals surface area contributed by atoms with Crippen LogP contribution in [-0.2, 0) is 19.3 Å². The molecule has 0 aliphatic heterocycles. The standard InChI is InChI=1S/C22H18/c1-3-7-19-15(5-1)9-11-17-14-22-18(13-21(17)19)12-10-16-6-2-4-8-20(16)22/h1-3,5-6,9-12,14H,4,7-8,13H2. The molecule has 5 rings (SSSR count). The Hall–Kier alpha value is -2.34. The van der Waals surface area contributed by atoms with E-state index in [-0.39, 0.29) is 0 Å². The third-order valence-electron chi connectivity index (χ3n) is 5.25. The summed E-state index contributed by atoms with van der Waals surface area (Å²) in [5.41, 5.74) is 9.03. The summed E-state index contributed by atoms with van der Waals surface area (Å²) in [4.78, 5) is 0. The van der Waals surface area contributed by atoms with Crippen LogP contribution in [0.15, 0.2) is 42.5 Å². The Morgan fingerprint density at radius 1 is 0.818 bits per heavy atom. The van der Waals surface area contributed by atoms with Crippen LogP contribution >= 0.6 is 0 Å². The van der Waals surface area contributed by atoms with Crippen molar-refractivity contribution in [3.8, 4) is 0 Å². The lowest BCUT2D eigenvalue weighted by Crippen LogP contribution is -2.26.